The zero-order valence-corrected chi connectivity index (χ0v) is 20.6. The highest BCUT2D eigenvalue weighted by Crippen LogP contribution is 2.66. The van der Waals surface area contributed by atoms with Crippen LogP contribution in [-0.4, -0.2) is 23.9 Å². The van der Waals surface area contributed by atoms with Crippen molar-refractivity contribution in [1.29, 1.82) is 0 Å². The molecule has 0 N–H and O–H groups in total. The topological polar surface area (TPSA) is 20.3 Å². The van der Waals surface area contributed by atoms with E-state index in [4.69, 9.17) is 0 Å². The average Bonchev–Trinajstić information content (AvgIpc) is 3.22. The lowest BCUT2D eigenvalue weighted by Crippen LogP contribution is -2.54. The third-order valence-electron chi connectivity index (χ3n) is 9.10. The number of nitrogens with zero attached hydrogens (tertiary/aromatic N) is 1. The minimum Gasteiger partial charge on any atom is -0.342 e. The van der Waals surface area contributed by atoms with E-state index in [0.29, 0.717) is 16.9 Å². The first kappa shape index (κ1) is 25.8. The van der Waals surface area contributed by atoms with Crippen molar-refractivity contribution in [2.75, 3.05) is 6.54 Å². The van der Waals surface area contributed by atoms with Gasteiger partial charge in [0.1, 0.15) is 0 Å². The van der Waals surface area contributed by atoms with E-state index in [1.807, 2.05) is 27.7 Å². The van der Waals surface area contributed by atoms with Crippen molar-refractivity contribution in [2.24, 2.45) is 34.5 Å². The van der Waals surface area contributed by atoms with Crippen LogP contribution in [-0.2, 0) is 4.79 Å². The molecule has 3 heteroatoms. The first-order valence-electron chi connectivity index (χ1n) is 12.3. The number of hydrogen-bond donors (Lipinski definition) is 0. The number of amides is 1. The summed E-state index contributed by atoms with van der Waals surface area (Å²) in [6, 6.07) is 0.540. The number of fused-ring (bicyclic) bond motifs is 5. The van der Waals surface area contributed by atoms with Gasteiger partial charge in [0.15, 0.2) is 0 Å². The summed E-state index contributed by atoms with van der Waals surface area (Å²) in [6.45, 7) is 16.5. The monoisotopic (exact) mass is 413 g/mol. The van der Waals surface area contributed by atoms with Crippen molar-refractivity contribution in [1.82, 2.24) is 4.90 Å². The van der Waals surface area contributed by atoms with Crippen molar-refractivity contribution in [2.45, 2.75) is 112 Å². The molecular formula is C25H48ClNO. The Bertz CT molecular complexity index is 483. The van der Waals surface area contributed by atoms with Gasteiger partial charge in [-0.05, 0) is 79.4 Å². The molecule has 0 aromatic rings. The van der Waals surface area contributed by atoms with Crippen molar-refractivity contribution in [3.05, 3.63) is 0 Å². The van der Waals surface area contributed by atoms with E-state index in [1.54, 1.807) is 0 Å². The van der Waals surface area contributed by atoms with Crippen molar-refractivity contribution in [3.63, 3.8) is 0 Å². The molecule has 7 atom stereocenters. The number of halogens is 1. The van der Waals surface area contributed by atoms with Gasteiger partial charge in [0, 0.05) is 12.6 Å². The van der Waals surface area contributed by atoms with Gasteiger partial charge in [-0.1, -0.05) is 61.3 Å². The van der Waals surface area contributed by atoms with Crippen LogP contribution in [0, 0.1) is 34.5 Å². The summed E-state index contributed by atoms with van der Waals surface area (Å²) in [6.07, 6.45) is 13.7. The van der Waals surface area contributed by atoms with Crippen LogP contribution >= 0.6 is 12.4 Å². The molecule has 4 aliphatic rings. The molecule has 1 heterocycles. The largest absolute Gasteiger partial charge is 0.342 e. The molecule has 0 spiro atoms. The molecule has 0 aromatic heterocycles. The zero-order chi connectivity index (χ0) is 20.2. The van der Waals surface area contributed by atoms with Crippen LogP contribution in [0.1, 0.15) is 106 Å². The summed E-state index contributed by atoms with van der Waals surface area (Å²) in [7, 11) is 0. The van der Waals surface area contributed by atoms with Crippen LogP contribution in [0.25, 0.3) is 0 Å². The van der Waals surface area contributed by atoms with Gasteiger partial charge in [0.2, 0.25) is 6.41 Å². The number of hydrogen-bond acceptors (Lipinski definition) is 1. The predicted molar refractivity (Wildman–Crippen MR) is 124 cm³/mol. The lowest BCUT2D eigenvalue weighted by molar-refractivity contribution is -0.125. The molecule has 1 amide bonds. The average molecular weight is 414 g/mol. The first-order valence-corrected chi connectivity index (χ1v) is 12.3. The summed E-state index contributed by atoms with van der Waals surface area (Å²) in [5, 5.41) is 0. The summed E-state index contributed by atoms with van der Waals surface area (Å²) >= 11 is 0. The Hall–Kier alpha value is -0.240. The first-order chi connectivity index (χ1) is 13.0. The maximum absolute atomic E-state index is 11.4. The second-order valence-corrected chi connectivity index (χ2v) is 9.68. The second-order valence-electron chi connectivity index (χ2n) is 9.68. The summed E-state index contributed by atoms with van der Waals surface area (Å²) in [5.41, 5.74) is 1.04. The Labute approximate surface area is 182 Å². The third kappa shape index (κ3) is 4.01. The molecule has 3 aliphatic carbocycles. The maximum atomic E-state index is 11.4. The van der Waals surface area contributed by atoms with Crippen LogP contribution < -0.4 is 0 Å². The van der Waals surface area contributed by atoms with Crippen LogP contribution in [0.2, 0.25) is 0 Å². The molecule has 1 saturated heterocycles. The number of rotatable bonds is 3. The van der Waals surface area contributed by atoms with Crippen LogP contribution in [0.5, 0.6) is 0 Å². The Kier molecular flexibility index (Phi) is 9.85. The van der Waals surface area contributed by atoms with Gasteiger partial charge in [-0.2, -0.15) is 0 Å². The molecule has 0 aromatic carbocycles. The Morgan fingerprint density at radius 2 is 1.54 bits per heavy atom. The van der Waals surface area contributed by atoms with Gasteiger partial charge in [0.05, 0.1) is 0 Å². The molecule has 2 nitrogen and oxygen atoms in total. The summed E-state index contributed by atoms with van der Waals surface area (Å²) in [5.74, 6) is 3.79. The summed E-state index contributed by atoms with van der Waals surface area (Å²) in [4.78, 5) is 13.6. The molecule has 4 rings (SSSR count). The standard InChI is InChI=1S/C21H35NO.2C2H6.ClH/c1-4-5-15-6-8-17-16-7-9-19-21(3,12-13-22(19)14-23)18(16)10-11-20(15,17)2;2*1-2;/h14-19H,4-13H2,1-3H3;2*1-2H3;1H. The molecular weight excluding hydrogens is 366 g/mol. The van der Waals surface area contributed by atoms with Crippen LogP contribution in [0.15, 0.2) is 0 Å². The normalized spacial score (nSPS) is 43.1. The van der Waals surface area contributed by atoms with E-state index in [1.165, 1.54) is 57.8 Å². The molecule has 0 bridgehead atoms. The molecule has 0 radical (unpaired) electrons. The van der Waals surface area contributed by atoms with E-state index in [-0.39, 0.29) is 12.4 Å². The van der Waals surface area contributed by atoms with Gasteiger partial charge < -0.3 is 4.90 Å². The molecule has 1 aliphatic heterocycles. The van der Waals surface area contributed by atoms with Crippen molar-refractivity contribution in [3.8, 4) is 0 Å². The molecule has 166 valence electrons. The van der Waals surface area contributed by atoms with Gasteiger partial charge >= 0.3 is 0 Å². The van der Waals surface area contributed by atoms with Gasteiger partial charge in [-0.3, -0.25) is 4.79 Å². The van der Waals surface area contributed by atoms with Crippen LogP contribution in [0.3, 0.4) is 0 Å². The maximum Gasteiger partial charge on any atom is 0.209 e. The quantitative estimate of drug-likeness (QED) is 0.442. The highest BCUT2D eigenvalue weighted by Gasteiger charge is 2.61. The van der Waals surface area contributed by atoms with Gasteiger partial charge in [0.25, 0.3) is 0 Å². The molecule has 7 unspecified atom stereocenters. The SMILES string of the molecule is CC.CC.CCCC1CCC2C3CCC4N(C=O)CCC4(C)C3CCC12C.Cl. The Balaban J connectivity index is 0.000000739. The van der Waals surface area contributed by atoms with Crippen LogP contribution in [0.4, 0.5) is 0 Å². The number of carbonyl (C=O) groups is 1. The highest BCUT2D eigenvalue weighted by atomic mass is 35.5. The van der Waals surface area contributed by atoms with E-state index >= 15 is 0 Å². The molecule has 4 fully saturated rings. The molecule has 28 heavy (non-hydrogen) atoms. The van der Waals surface area contributed by atoms with E-state index in [9.17, 15) is 4.79 Å². The van der Waals surface area contributed by atoms with Gasteiger partial charge in [-0.15, -0.1) is 12.4 Å². The number of likely N-dealkylation sites (tertiary alicyclic amines) is 1. The third-order valence-corrected chi connectivity index (χ3v) is 9.10. The van der Waals surface area contributed by atoms with Gasteiger partial charge in [-0.25, -0.2) is 0 Å². The minimum atomic E-state index is 0. The lowest BCUT2D eigenvalue weighted by Gasteiger charge is -2.57. The lowest BCUT2D eigenvalue weighted by atomic mass is 9.48. The predicted octanol–water partition coefficient (Wildman–Crippen LogP) is 7.35. The van der Waals surface area contributed by atoms with E-state index in [0.717, 1.165) is 36.6 Å². The van der Waals surface area contributed by atoms with Crippen molar-refractivity contribution < 1.29 is 4.79 Å². The number of carbonyl (C=O) groups excluding carboxylic acids is 1. The Morgan fingerprint density at radius 3 is 2.14 bits per heavy atom. The minimum absolute atomic E-state index is 0. The fourth-order valence-electron chi connectivity index (χ4n) is 7.92. The highest BCUT2D eigenvalue weighted by molar-refractivity contribution is 5.85. The summed E-state index contributed by atoms with van der Waals surface area (Å²) < 4.78 is 0. The smallest absolute Gasteiger partial charge is 0.209 e. The Morgan fingerprint density at radius 1 is 0.893 bits per heavy atom. The fraction of sp³-hybridized carbons (Fsp3) is 0.960. The van der Waals surface area contributed by atoms with E-state index < -0.39 is 0 Å². The van der Waals surface area contributed by atoms with E-state index in [2.05, 4.69) is 25.7 Å². The second kappa shape index (κ2) is 10.7. The fourth-order valence-corrected chi connectivity index (χ4v) is 7.92. The molecule has 3 saturated carbocycles. The van der Waals surface area contributed by atoms with Crippen molar-refractivity contribution >= 4 is 18.8 Å². The zero-order valence-electron chi connectivity index (χ0n) is 19.8.